The van der Waals surface area contributed by atoms with Crippen LogP contribution >= 0.6 is 11.3 Å². The number of rotatable bonds is 2. The van der Waals surface area contributed by atoms with Crippen LogP contribution < -0.4 is 0 Å². The first-order chi connectivity index (χ1) is 11.7. The van der Waals surface area contributed by atoms with Crippen molar-refractivity contribution in [3.63, 3.8) is 0 Å². The van der Waals surface area contributed by atoms with Gasteiger partial charge in [0, 0.05) is 32.1 Å². The number of aromatic nitrogens is 1. The Labute approximate surface area is 146 Å². The fourth-order valence-electron chi connectivity index (χ4n) is 3.67. The Morgan fingerprint density at radius 3 is 2.67 bits per heavy atom. The van der Waals surface area contributed by atoms with Crippen LogP contribution in [0.25, 0.3) is 10.2 Å². The number of allylic oxidation sites excluding steroid dienone is 2. The Morgan fingerprint density at radius 1 is 1.12 bits per heavy atom. The molecule has 0 radical (unpaired) electrons. The van der Waals surface area contributed by atoms with Crippen LogP contribution in [0, 0.1) is 5.92 Å². The molecular formula is C19H23N3OS. The topological polar surface area (TPSA) is 36.4 Å². The summed E-state index contributed by atoms with van der Waals surface area (Å²) in [6, 6.07) is 8.26. The Morgan fingerprint density at radius 2 is 1.88 bits per heavy atom. The summed E-state index contributed by atoms with van der Waals surface area (Å²) in [5.41, 5.74) is 1.05. The first-order valence-electron chi connectivity index (χ1n) is 8.70. The van der Waals surface area contributed by atoms with E-state index in [4.69, 9.17) is 4.98 Å². The number of carbonyl (C=O) groups excluding carboxylic acids is 1. The maximum atomic E-state index is 13.1. The monoisotopic (exact) mass is 341 g/mol. The quantitative estimate of drug-likeness (QED) is 0.788. The van der Waals surface area contributed by atoms with E-state index in [1.54, 1.807) is 11.3 Å². The van der Waals surface area contributed by atoms with E-state index in [0.717, 1.165) is 49.5 Å². The third-order valence-electron chi connectivity index (χ3n) is 5.19. The van der Waals surface area contributed by atoms with Crippen LogP contribution in [-0.2, 0) is 4.79 Å². The van der Waals surface area contributed by atoms with Crippen LogP contribution in [0.5, 0.6) is 0 Å². The fraction of sp³-hybridized carbons (Fsp3) is 0.474. The maximum Gasteiger partial charge on any atom is 0.226 e. The third kappa shape index (κ3) is 2.98. The van der Waals surface area contributed by atoms with Gasteiger partial charge in [0.1, 0.15) is 0 Å². The molecule has 2 aromatic rings. The summed E-state index contributed by atoms with van der Waals surface area (Å²) in [5, 5.41) is 1.12. The number of hydrogen-bond acceptors (Lipinski definition) is 4. The van der Waals surface area contributed by atoms with E-state index >= 15 is 0 Å². The molecule has 1 amide bonds. The van der Waals surface area contributed by atoms with E-state index in [1.165, 1.54) is 4.70 Å². The highest BCUT2D eigenvalue weighted by molar-refractivity contribution is 7.18. The molecule has 0 unspecified atom stereocenters. The van der Waals surface area contributed by atoms with Gasteiger partial charge in [-0.15, -0.1) is 11.3 Å². The van der Waals surface area contributed by atoms with Gasteiger partial charge in [-0.05, 0) is 32.0 Å². The van der Waals surface area contributed by atoms with Crippen molar-refractivity contribution in [1.82, 2.24) is 14.8 Å². The first kappa shape index (κ1) is 15.8. The van der Waals surface area contributed by atoms with Crippen molar-refractivity contribution < 1.29 is 4.79 Å². The summed E-state index contributed by atoms with van der Waals surface area (Å²) in [4.78, 5) is 22.3. The molecule has 5 heteroatoms. The highest BCUT2D eigenvalue weighted by Gasteiger charge is 2.35. The highest BCUT2D eigenvalue weighted by Crippen LogP contribution is 2.39. The number of amides is 1. The summed E-state index contributed by atoms with van der Waals surface area (Å²) in [6.07, 6.45) is 6.14. The standard InChI is InChI=1S/C19H23N3OS/c1-21-10-12-22(13-11-21)19(23)15-7-3-2-6-14(15)18-20-16-8-4-5-9-17(16)24-18/h2-5,8-9,14-15H,6-7,10-13H2,1H3/t14-,15+/m0/s1. The zero-order valence-electron chi connectivity index (χ0n) is 14.0. The molecule has 1 aromatic carbocycles. The van der Waals surface area contributed by atoms with Crippen LogP contribution in [-0.4, -0.2) is 53.9 Å². The van der Waals surface area contributed by atoms with E-state index in [2.05, 4.69) is 47.2 Å². The van der Waals surface area contributed by atoms with Gasteiger partial charge in [-0.2, -0.15) is 0 Å². The smallest absolute Gasteiger partial charge is 0.226 e. The average molecular weight is 341 g/mol. The van der Waals surface area contributed by atoms with E-state index in [9.17, 15) is 4.79 Å². The normalized spacial score (nSPS) is 25.3. The number of nitrogens with zero attached hydrogens (tertiary/aromatic N) is 3. The molecule has 1 aromatic heterocycles. The minimum atomic E-state index is 0.0407. The van der Waals surface area contributed by atoms with Gasteiger partial charge in [0.25, 0.3) is 0 Å². The van der Waals surface area contributed by atoms with Gasteiger partial charge in [0.15, 0.2) is 0 Å². The molecule has 2 heterocycles. The average Bonchev–Trinajstić information content (AvgIpc) is 3.06. The van der Waals surface area contributed by atoms with Crippen molar-refractivity contribution in [2.24, 2.45) is 5.92 Å². The molecule has 0 bridgehead atoms. The van der Waals surface area contributed by atoms with Crippen molar-refractivity contribution in [1.29, 1.82) is 0 Å². The van der Waals surface area contributed by atoms with Crippen LogP contribution in [0.2, 0.25) is 0 Å². The molecule has 1 aliphatic carbocycles. The highest BCUT2D eigenvalue weighted by atomic mass is 32.1. The molecule has 1 aliphatic heterocycles. The lowest BCUT2D eigenvalue weighted by atomic mass is 9.82. The van der Waals surface area contributed by atoms with Gasteiger partial charge in [-0.1, -0.05) is 24.3 Å². The van der Waals surface area contributed by atoms with Crippen molar-refractivity contribution in [2.75, 3.05) is 33.2 Å². The molecule has 4 nitrogen and oxygen atoms in total. The molecule has 126 valence electrons. The van der Waals surface area contributed by atoms with E-state index < -0.39 is 0 Å². The lowest BCUT2D eigenvalue weighted by molar-refractivity contribution is -0.138. The lowest BCUT2D eigenvalue weighted by Gasteiger charge is -2.36. The minimum Gasteiger partial charge on any atom is -0.340 e. The molecule has 0 spiro atoms. The molecule has 4 rings (SSSR count). The number of carbonyl (C=O) groups is 1. The lowest BCUT2D eigenvalue weighted by Crippen LogP contribution is -2.49. The van der Waals surface area contributed by atoms with Gasteiger partial charge in [0.05, 0.1) is 21.1 Å². The molecule has 2 aliphatic rings. The van der Waals surface area contributed by atoms with Crippen molar-refractivity contribution in [3.8, 4) is 0 Å². The number of thiazole rings is 1. The van der Waals surface area contributed by atoms with Crippen LogP contribution in [0.1, 0.15) is 23.8 Å². The van der Waals surface area contributed by atoms with Gasteiger partial charge in [0.2, 0.25) is 5.91 Å². The Balaban J connectivity index is 1.59. The number of fused-ring (bicyclic) bond motifs is 1. The van der Waals surface area contributed by atoms with Crippen LogP contribution in [0.15, 0.2) is 36.4 Å². The van der Waals surface area contributed by atoms with Gasteiger partial charge < -0.3 is 9.80 Å². The Bertz CT molecular complexity index is 728. The third-order valence-corrected chi connectivity index (χ3v) is 6.36. The molecule has 2 atom stereocenters. The number of hydrogen-bond donors (Lipinski definition) is 0. The number of piperazine rings is 1. The fourth-order valence-corrected chi connectivity index (χ4v) is 4.82. The first-order valence-corrected chi connectivity index (χ1v) is 9.52. The van der Waals surface area contributed by atoms with E-state index in [-0.39, 0.29) is 11.8 Å². The number of benzene rings is 1. The second-order valence-corrected chi connectivity index (χ2v) is 7.87. The Hall–Kier alpha value is -1.72. The van der Waals surface area contributed by atoms with Crippen LogP contribution in [0.3, 0.4) is 0 Å². The predicted octanol–water partition coefficient (Wildman–Crippen LogP) is 3.12. The Kier molecular flexibility index (Phi) is 4.37. The summed E-state index contributed by atoms with van der Waals surface area (Å²) < 4.78 is 1.22. The zero-order valence-corrected chi connectivity index (χ0v) is 14.8. The molecule has 0 N–H and O–H groups in total. The maximum absolute atomic E-state index is 13.1. The molecule has 1 saturated heterocycles. The predicted molar refractivity (Wildman–Crippen MR) is 98.3 cm³/mol. The molecular weight excluding hydrogens is 318 g/mol. The largest absolute Gasteiger partial charge is 0.340 e. The second-order valence-electron chi connectivity index (χ2n) is 6.80. The second kappa shape index (κ2) is 6.65. The summed E-state index contributed by atoms with van der Waals surface area (Å²) in [7, 11) is 2.12. The van der Waals surface area contributed by atoms with Crippen molar-refractivity contribution >= 4 is 27.5 Å². The number of likely N-dealkylation sites (N-methyl/N-ethyl adjacent to an activating group) is 1. The van der Waals surface area contributed by atoms with Gasteiger partial charge >= 0.3 is 0 Å². The summed E-state index contributed by atoms with van der Waals surface area (Å²) in [6.45, 7) is 3.64. The summed E-state index contributed by atoms with van der Waals surface area (Å²) >= 11 is 1.75. The van der Waals surface area contributed by atoms with Crippen molar-refractivity contribution in [2.45, 2.75) is 18.8 Å². The number of para-hydroxylation sites is 1. The van der Waals surface area contributed by atoms with Gasteiger partial charge in [-0.25, -0.2) is 4.98 Å². The SMILES string of the molecule is CN1CCN(C(=O)[C@@H]2CC=CC[C@@H]2c2nc3ccccc3s2)CC1. The zero-order chi connectivity index (χ0) is 16.5. The van der Waals surface area contributed by atoms with Gasteiger partial charge in [-0.3, -0.25) is 4.79 Å². The molecule has 0 saturated carbocycles. The molecule has 24 heavy (non-hydrogen) atoms. The minimum absolute atomic E-state index is 0.0407. The van der Waals surface area contributed by atoms with Crippen molar-refractivity contribution in [3.05, 3.63) is 41.4 Å². The van der Waals surface area contributed by atoms with Crippen LogP contribution in [0.4, 0.5) is 0 Å². The van der Waals surface area contributed by atoms with E-state index in [0.29, 0.717) is 5.91 Å². The molecule has 1 fully saturated rings. The van der Waals surface area contributed by atoms with E-state index in [1.807, 2.05) is 6.07 Å². The summed E-state index contributed by atoms with van der Waals surface area (Å²) in [5.74, 6) is 0.579.